The second-order valence-electron chi connectivity index (χ2n) is 3.38. The van der Waals surface area contributed by atoms with E-state index in [0.29, 0.717) is 14.8 Å². The number of esters is 1. The highest BCUT2D eigenvalue weighted by Crippen LogP contribution is 2.34. The van der Waals surface area contributed by atoms with Gasteiger partial charge in [-0.1, -0.05) is 0 Å². The molecule has 4 nitrogen and oxygen atoms in total. The lowest BCUT2D eigenvalue weighted by atomic mass is 10.2. The van der Waals surface area contributed by atoms with E-state index in [4.69, 9.17) is 4.74 Å². The Morgan fingerprint density at radius 3 is 2.41 bits per heavy atom. The van der Waals surface area contributed by atoms with Gasteiger partial charge >= 0.3 is 5.97 Å². The minimum absolute atomic E-state index is 0.112. The molecule has 1 heterocycles. The van der Waals surface area contributed by atoms with Crippen LogP contribution in [0, 0.1) is 0 Å². The number of aromatic hydroxyl groups is 1. The van der Waals surface area contributed by atoms with Crippen molar-refractivity contribution in [1.82, 2.24) is 0 Å². The van der Waals surface area contributed by atoms with Gasteiger partial charge in [0, 0.05) is 6.92 Å². The molecule has 88 valence electrons. The summed E-state index contributed by atoms with van der Waals surface area (Å²) in [6.07, 6.45) is 1.59. The van der Waals surface area contributed by atoms with Gasteiger partial charge in [0.15, 0.2) is 11.6 Å². The van der Waals surface area contributed by atoms with Gasteiger partial charge in [-0.25, -0.2) is 9.79 Å². The molecule has 1 N–H and O–H groups in total. The smallest absolute Gasteiger partial charge is 0.363 e. The van der Waals surface area contributed by atoms with E-state index in [1.165, 1.54) is 0 Å². The lowest BCUT2D eigenvalue weighted by molar-refractivity contribution is -0.130. The molecule has 1 aromatic rings. The number of ether oxygens (including phenoxy) is 1. The SMILES string of the molecule is CC1=NC(=Cc2cc(Br)c(O)c(Br)c2)C(=O)O1. The van der Waals surface area contributed by atoms with Crippen molar-refractivity contribution in [2.24, 2.45) is 4.99 Å². The van der Waals surface area contributed by atoms with Crippen molar-refractivity contribution >= 4 is 49.8 Å². The molecule has 0 bridgehead atoms. The molecule has 0 spiro atoms. The van der Waals surface area contributed by atoms with Crippen LogP contribution in [0.5, 0.6) is 5.75 Å². The Hall–Kier alpha value is -1.14. The van der Waals surface area contributed by atoms with Crippen LogP contribution in [-0.4, -0.2) is 17.0 Å². The van der Waals surface area contributed by atoms with E-state index in [9.17, 15) is 9.90 Å². The summed E-state index contributed by atoms with van der Waals surface area (Å²) in [7, 11) is 0. The van der Waals surface area contributed by atoms with Gasteiger partial charge in [0.1, 0.15) is 5.75 Å². The zero-order chi connectivity index (χ0) is 12.6. The molecule has 0 saturated heterocycles. The fourth-order valence-corrected chi connectivity index (χ4v) is 2.56. The summed E-state index contributed by atoms with van der Waals surface area (Å²) in [4.78, 5) is 15.3. The fourth-order valence-electron chi connectivity index (χ4n) is 1.34. The highest BCUT2D eigenvalue weighted by Gasteiger charge is 2.19. The lowest BCUT2D eigenvalue weighted by Gasteiger charge is -2.02. The highest BCUT2D eigenvalue weighted by molar-refractivity contribution is 9.11. The third-order valence-corrected chi connectivity index (χ3v) is 3.28. The van der Waals surface area contributed by atoms with Crippen LogP contribution in [0.25, 0.3) is 6.08 Å². The Morgan fingerprint density at radius 2 is 1.94 bits per heavy atom. The van der Waals surface area contributed by atoms with Crippen molar-refractivity contribution in [2.45, 2.75) is 6.92 Å². The largest absolute Gasteiger partial charge is 0.506 e. The van der Waals surface area contributed by atoms with Crippen LogP contribution in [0.2, 0.25) is 0 Å². The third-order valence-electron chi connectivity index (χ3n) is 2.07. The zero-order valence-electron chi connectivity index (χ0n) is 8.70. The molecule has 0 aromatic heterocycles. The molecule has 0 saturated carbocycles. The first-order valence-electron chi connectivity index (χ1n) is 4.64. The summed E-state index contributed by atoms with van der Waals surface area (Å²) in [5.74, 6) is -0.0261. The number of aliphatic imine (C=N–C) groups is 1. The van der Waals surface area contributed by atoms with Gasteiger partial charge in [-0.2, -0.15) is 0 Å². The molecule has 0 radical (unpaired) electrons. The first-order valence-corrected chi connectivity index (χ1v) is 6.23. The third kappa shape index (κ3) is 2.58. The maximum atomic E-state index is 11.3. The van der Waals surface area contributed by atoms with Crippen molar-refractivity contribution in [2.75, 3.05) is 0 Å². The number of phenols is 1. The molecule has 1 aliphatic rings. The van der Waals surface area contributed by atoms with E-state index >= 15 is 0 Å². The number of carbonyl (C=O) groups excluding carboxylic acids is 1. The number of benzene rings is 1. The molecule has 1 aliphatic heterocycles. The quantitative estimate of drug-likeness (QED) is 0.617. The van der Waals surface area contributed by atoms with Crippen LogP contribution in [-0.2, 0) is 9.53 Å². The molecule has 0 atom stereocenters. The first-order chi connectivity index (χ1) is 7.97. The van der Waals surface area contributed by atoms with E-state index in [-0.39, 0.29) is 11.4 Å². The van der Waals surface area contributed by atoms with Crippen molar-refractivity contribution in [1.29, 1.82) is 0 Å². The predicted molar refractivity (Wildman–Crippen MR) is 70.7 cm³/mol. The van der Waals surface area contributed by atoms with E-state index in [1.54, 1.807) is 25.1 Å². The number of nitrogens with zero attached hydrogens (tertiary/aromatic N) is 1. The molecular formula is C11H7Br2NO3. The van der Waals surface area contributed by atoms with Crippen molar-refractivity contribution in [3.63, 3.8) is 0 Å². The second-order valence-corrected chi connectivity index (χ2v) is 5.09. The average molecular weight is 361 g/mol. The summed E-state index contributed by atoms with van der Waals surface area (Å²) in [5, 5.41) is 9.55. The van der Waals surface area contributed by atoms with Crippen LogP contribution in [0.15, 0.2) is 31.8 Å². The number of hydrogen-bond donors (Lipinski definition) is 1. The van der Waals surface area contributed by atoms with Crippen molar-refractivity contribution in [3.05, 3.63) is 32.3 Å². The predicted octanol–water partition coefficient (Wildman–Crippen LogP) is 3.23. The molecule has 6 heteroatoms. The van der Waals surface area contributed by atoms with Gasteiger partial charge in [-0.05, 0) is 55.6 Å². The van der Waals surface area contributed by atoms with Crippen LogP contribution in [0.3, 0.4) is 0 Å². The maximum Gasteiger partial charge on any atom is 0.363 e. The fraction of sp³-hybridized carbons (Fsp3) is 0.0909. The van der Waals surface area contributed by atoms with Crippen molar-refractivity contribution in [3.8, 4) is 5.75 Å². The van der Waals surface area contributed by atoms with E-state index in [0.717, 1.165) is 5.56 Å². The van der Waals surface area contributed by atoms with Gasteiger partial charge in [0.25, 0.3) is 0 Å². The number of halogens is 2. The minimum Gasteiger partial charge on any atom is -0.506 e. The average Bonchev–Trinajstić information content (AvgIpc) is 2.54. The first kappa shape index (κ1) is 12.3. The summed E-state index contributed by atoms with van der Waals surface area (Å²) in [5.41, 5.74) is 0.971. The van der Waals surface area contributed by atoms with Crippen LogP contribution < -0.4 is 0 Å². The Kier molecular flexibility index (Phi) is 3.35. The summed E-state index contributed by atoms with van der Waals surface area (Å²) in [6, 6.07) is 3.37. The molecule has 0 aliphatic carbocycles. The number of hydrogen-bond acceptors (Lipinski definition) is 4. The topological polar surface area (TPSA) is 58.9 Å². The number of carbonyl (C=O) groups is 1. The highest BCUT2D eigenvalue weighted by atomic mass is 79.9. The lowest BCUT2D eigenvalue weighted by Crippen LogP contribution is -1.99. The van der Waals surface area contributed by atoms with Crippen LogP contribution in [0.4, 0.5) is 0 Å². The zero-order valence-corrected chi connectivity index (χ0v) is 11.9. The Morgan fingerprint density at radius 1 is 1.35 bits per heavy atom. The van der Waals surface area contributed by atoms with Gasteiger partial charge in [0.2, 0.25) is 0 Å². The maximum absolute atomic E-state index is 11.3. The van der Waals surface area contributed by atoms with E-state index in [1.807, 2.05) is 0 Å². The van der Waals surface area contributed by atoms with Crippen LogP contribution >= 0.6 is 31.9 Å². The normalized spacial score (nSPS) is 17.2. The Balaban J connectivity index is 2.43. The van der Waals surface area contributed by atoms with E-state index < -0.39 is 5.97 Å². The van der Waals surface area contributed by atoms with Gasteiger partial charge < -0.3 is 9.84 Å². The molecule has 2 rings (SSSR count). The number of rotatable bonds is 1. The monoisotopic (exact) mass is 359 g/mol. The molecule has 0 unspecified atom stereocenters. The molecule has 0 fully saturated rings. The standard InChI is InChI=1S/C11H7Br2NO3/c1-5-14-9(11(16)17-5)4-6-2-7(12)10(15)8(13)3-6/h2-4,15H,1H3. The second kappa shape index (κ2) is 4.62. The van der Waals surface area contributed by atoms with Crippen molar-refractivity contribution < 1.29 is 14.6 Å². The van der Waals surface area contributed by atoms with E-state index in [2.05, 4.69) is 36.9 Å². The molecule has 17 heavy (non-hydrogen) atoms. The summed E-state index contributed by atoms with van der Waals surface area (Å²) in [6.45, 7) is 1.61. The van der Waals surface area contributed by atoms with Crippen LogP contribution in [0.1, 0.15) is 12.5 Å². The summed E-state index contributed by atoms with van der Waals surface area (Å²) < 4.78 is 5.87. The van der Waals surface area contributed by atoms with Gasteiger partial charge in [-0.15, -0.1) is 0 Å². The Bertz CT molecular complexity index is 541. The molecule has 0 amide bonds. The van der Waals surface area contributed by atoms with Gasteiger partial charge in [0.05, 0.1) is 8.95 Å². The molecule has 1 aromatic carbocycles. The number of cyclic esters (lactones) is 1. The number of phenolic OH excluding ortho intramolecular Hbond substituents is 1. The summed E-state index contributed by atoms with van der Waals surface area (Å²) >= 11 is 6.42. The minimum atomic E-state index is -0.470. The van der Waals surface area contributed by atoms with Gasteiger partial charge in [-0.3, -0.25) is 0 Å². The Labute approximate surface area is 114 Å². The molecular weight excluding hydrogens is 354 g/mol.